The van der Waals surface area contributed by atoms with Crippen LogP contribution in [0.3, 0.4) is 0 Å². The first-order chi connectivity index (χ1) is 13.5. The Morgan fingerprint density at radius 1 is 1.04 bits per heavy atom. The van der Waals surface area contributed by atoms with E-state index in [1.807, 2.05) is 0 Å². The van der Waals surface area contributed by atoms with Gasteiger partial charge in [0.2, 0.25) is 5.89 Å². The molecule has 0 saturated carbocycles. The van der Waals surface area contributed by atoms with Crippen molar-refractivity contribution in [2.75, 3.05) is 7.11 Å². The largest absolute Gasteiger partial charge is 0.495 e. The highest BCUT2D eigenvalue weighted by atomic mass is 35.5. The Hall–Kier alpha value is -3.10. The van der Waals surface area contributed by atoms with Crippen molar-refractivity contribution >= 4 is 32.9 Å². The third kappa shape index (κ3) is 3.39. The summed E-state index contributed by atoms with van der Waals surface area (Å²) in [4.78, 5) is 8.29. The van der Waals surface area contributed by atoms with E-state index in [2.05, 4.69) is 9.97 Å². The predicted octanol–water partition coefficient (Wildman–Crippen LogP) is 4.32. The van der Waals surface area contributed by atoms with Crippen molar-refractivity contribution in [2.45, 2.75) is 4.90 Å². The molecule has 2 heterocycles. The van der Waals surface area contributed by atoms with E-state index < -0.39 is 10.1 Å². The highest BCUT2D eigenvalue weighted by Gasteiger charge is 2.24. The van der Waals surface area contributed by atoms with Crippen molar-refractivity contribution in [1.82, 2.24) is 9.97 Å². The number of halogens is 1. The number of benzene rings is 2. The Balaban J connectivity index is 1.81. The highest BCUT2D eigenvalue weighted by molar-refractivity contribution is 7.87. The SMILES string of the molecule is COc1ccccc1S(=O)(=O)Oc1cc(Cl)ccc1-c1nc2ncccc2o1. The number of ether oxygens (including phenoxy) is 1. The lowest BCUT2D eigenvalue weighted by molar-refractivity contribution is 0.398. The summed E-state index contributed by atoms with van der Waals surface area (Å²) in [5, 5.41) is 0.295. The standard InChI is InChI=1S/C19H13ClN2O5S/c1-25-14-5-2-3-7-17(14)28(23,24)27-16-11-12(20)8-9-13(16)19-22-18-15(26-19)6-4-10-21-18/h2-11H,1H3. The number of aromatic nitrogens is 2. The molecule has 0 amide bonds. The summed E-state index contributed by atoms with van der Waals surface area (Å²) in [6, 6.07) is 14.1. The van der Waals surface area contributed by atoms with E-state index in [9.17, 15) is 8.42 Å². The summed E-state index contributed by atoms with van der Waals surface area (Å²) in [5.41, 5.74) is 1.18. The Morgan fingerprint density at radius 3 is 2.64 bits per heavy atom. The number of rotatable bonds is 5. The monoisotopic (exact) mass is 416 g/mol. The molecule has 142 valence electrons. The van der Waals surface area contributed by atoms with E-state index in [0.29, 0.717) is 21.8 Å². The van der Waals surface area contributed by atoms with Gasteiger partial charge in [0.05, 0.1) is 12.7 Å². The number of pyridine rings is 1. The second-order valence-electron chi connectivity index (χ2n) is 5.67. The van der Waals surface area contributed by atoms with Gasteiger partial charge in [-0.25, -0.2) is 4.98 Å². The minimum atomic E-state index is -4.20. The second kappa shape index (κ2) is 7.14. The van der Waals surface area contributed by atoms with Crippen LogP contribution in [0.4, 0.5) is 0 Å². The average Bonchev–Trinajstić information content (AvgIpc) is 3.11. The lowest BCUT2D eigenvalue weighted by Crippen LogP contribution is -2.11. The van der Waals surface area contributed by atoms with Gasteiger partial charge >= 0.3 is 10.1 Å². The molecule has 0 bridgehead atoms. The van der Waals surface area contributed by atoms with Crippen molar-refractivity contribution in [3.8, 4) is 23.0 Å². The van der Waals surface area contributed by atoms with E-state index in [-0.39, 0.29) is 22.3 Å². The van der Waals surface area contributed by atoms with Gasteiger partial charge in [0.1, 0.15) is 10.6 Å². The van der Waals surface area contributed by atoms with Crippen LogP contribution in [-0.2, 0) is 10.1 Å². The van der Waals surface area contributed by atoms with Crippen molar-refractivity contribution in [3.05, 3.63) is 65.8 Å². The fourth-order valence-electron chi connectivity index (χ4n) is 2.61. The fraction of sp³-hybridized carbons (Fsp3) is 0.0526. The lowest BCUT2D eigenvalue weighted by Gasteiger charge is -2.12. The van der Waals surface area contributed by atoms with Crippen LogP contribution in [0, 0.1) is 0 Å². The molecule has 2 aromatic heterocycles. The van der Waals surface area contributed by atoms with Gasteiger partial charge in [-0.2, -0.15) is 13.4 Å². The van der Waals surface area contributed by atoms with Crippen molar-refractivity contribution in [2.24, 2.45) is 0 Å². The van der Waals surface area contributed by atoms with Gasteiger partial charge in [0.25, 0.3) is 0 Å². The van der Waals surface area contributed by atoms with E-state index in [0.717, 1.165) is 0 Å². The normalized spacial score (nSPS) is 11.5. The minimum absolute atomic E-state index is 0.0232. The third-order valence-electron chi connectivity index (χ3n) is 3.88. The molecular weight excluding hydrogens is 404 g/mol. The van der Waals surface area contributed by atoms with Crippen LogP contribution in [0.5, 0.6) is 11.5 Å². The van der Waals surface area contributed by atoms with E-state index in [4.69, 9.17) is 24.9 Å². The third-order valence-corrected chi connectivity index (χ3v) is 5.39. The zero-order valence-electron chi connectivity index (χ0n) is 14.5. The van der Waals surface area contributed by atoms with Crippen LogP contribution < -0.4 is 8.92 Å². The van der Waals surface area contributed by atoms with Crippen LogP contribution in [-0.4, -0.2) is 25.5 Å². The van der Waals surface area contributed by atoms with Gasteiger partial charge in [-0.05, 0) is 36.4 Å². The molecule has 0 fully saturated rings. The number of para-hydroxylation sites is 1. The van der Waals surface area contributed by atoms with Crippen molar-refractivity contribution < 1.29 is 21.8 Å². The second-order valence-corrected chi connectivity index (χ2v) is 7.62. The Morgan fingerprint density at radius 2 is 1.86 bits per heavy atom. The van der Waals surface area contributed by atoms with E-state index in [1.165, 1.54) is 25.3 Å². The van der Waals surface area contributed by atoms with Crippen LogP contribution in [0.2, 0.25) is 5.02 Å². The predicted molar refractivity (Wildman–Crippen MR) is 103 cm³/mol. The molecular formula is C19H13ClN2O5S. The molecule has 0 saturated heterocycles. The van der Waals surface area contributed by atoms with Crippen LogP contribution >= 0.6 is 11.6 Å². The number of hydrogen-bond acceptors (Lipinski definition) is 7. The molecule has 0 N–H and O–H groups in total. The molecule has 9 heteroatoms. The number of nitrogens with zero attached hydrogens (tertiary/aromatic N) is 2. The quantitative estimate of drug-likeness (QED) is 0.447. The number of methoxy groups -OCH3 is 1. The zero-order valence-corrected chi connectivity index (χ0v) is 16.1. The summed E-state index contributed by atoms with van der Waals surface area (Å²) in [5.74, 6) is 0.303. The first-order valence-corrected chi connectivity index (χ1v) is 9.85. The number of hydrogen-bond donors (Lipinski definition) is 0. The fourth-order valence-corrected chi connectivity index (χ4v) is 3.88. The number of oxazole rings is 1. The molecule has 0 aliphatic carbocycles. The van der Waals surface area contributed by atoms with Gasteiger partial charge in [-0.3, -0.25) is 0 Å². The van der Waals surface area contributed by atoms with E-state index in [1.54, 1.807) is 42.6 Å². The molecule has 0 radical (unpaired) electrons. The molecule has 4 aromatic rings. The van der Waals surface area contributed by atoms with Crippen molar-refractivity contribution in [3.63, 3.8) is 0 Å². The first kappa shape index (κ1) is 18.3. The smallest absolute Gasteiger partial charge is 0.342 e. The lowest BCUT2D eigenvalue weighted by atomic mass is 10.2. The summed E-state index contributed by atoms with van der Waals surface area (Å²) >= 11 is 6.05. The van der Waals surface area contributed by atoms with Gasteiger partial charge in [-0.1, -0.05) is 23.7 Å². The first-order valence-electron chi connectivity index (χ1n) is 8.07. The Labute approximate surface area is 165 Å². The molecule has 7 nitrogen and oxygen atoms in total. The van der Waals surface area contributed by atoms with Crippen LogP contribution in [0.1, 0.15) is 0 Å². The van der Waals surface area contributed by atoms with Crippen LogP contribution in [0.15, 0.2) is 70.1 Å². The average molecular weight is 417 g/mol. The summed E-state index contributed by atoms with van der Waals surface area (Å²) in [7, 11) is -2.82. The van der Waals surface area contributed by atoms with Gasteiger partial charge in [0, 0.05) is 17.3 Å². The maximum absolute atomic E-state index is 12.8. The molecule has 0 atom stereocenters. The molecule has 0 aliphatic heterocycles. The molecule has 0 spiro atoms. The highest BCUT2D eigenvalue weighted by Crippen LogP contribution is 2.36. The molecule has 4 rings (SSSR count). The topological polar surface area (TPSA) is 91.5 Å². The molecule has 2 aromatic carbocycles. The van der Waals surface area contributed by atoms with Gasteiger partial charge < -0.3 is 13.3 Å². The maximum atomic E-state index is 12.8. The summed E-state index contributed by atoms with van der Waals surface area (Å²) in [6.45, 7) is 0. The van der Waals surface area contributed by atoms with E-state index >= 15 is 0 Å². The summed E-state index contributed by atoms with van der Waals surface area (Å²) in [6.07, 6.45) is 1.58. The molecule has 0 aliphatic rings. The maximum Gasteiger partial charge on any atom is 0.342 e. The molecule has 0 unspecified atom stereocenters. The van der Waals surface area contributed by atoms with Crippen molar-refractivity contribution in [1.29, 1.82) is 0 Å². The zero-order chi connectivity index (χ0) is 19.7. The Bertz CT molecular complexity index is 1240. The number of fused-ring (bicyclic) bond motifs is 1. The summed E-state index contributed by atoms with van der Waals surface area (Å²) < 4.78 is 41.9. The van der Waals surface area contributed by atoms with Gasteiger partial charge in [-0.15, -0.1) is 0 Å². The Kier molecular flexibility index (Phi) is 4.66. The van der Waals surface area contributed by atoms with Gasteiger partial charge in [0.15, 0.2) is 17.0 Å². The minimum Gasteiger partial charge on any atom is -0.495 e. The van der Waals surface area contributed by atoms with Crippen LogP contribution in [0.25, 0.3) is 22.7 Å². The molecule has 28 heavy (non-hydrogen) atoms.